The summed E-state index contributed by atoms with van der Waals surface area (Å²) in [6.45, 7) is 0. The molecule has 0 unspecified atom stereocenters. The molecule has 8 nitrogen and oxygen atoms in total. The highest BCUT2D eigenvalue weighted by Gasteiger charge is 2.27. The van der Waals surface area contributed by atoms with Gasteiger partial charge in [-0.15, -0.1) is 0 Å². The zero-order valence-corrected chi connectivity index (χ0v) is 16.4. The summed E-state index contributed by atoms with van der Waals surface area (Å²) < 4.78 is 27.1. The van der Waals surface area contributed by atoms with E-state index in [9.17, 15) is 28.5 Å². The van der Waals surface area contributed by atoms with Gasteiger partial charge < -0.3 is 15.5 Å². The van der Waals surface area contributed by atoms with Crippen LogP contribution in [0.5, 0.6) is 0 Å². The van der Waals surface area contributed by atoms with Gasteiger partial charge in [-0.05, 0) is 36.1 Å². The number of amides is 2. The van der Waals surface area contributed by atoms with E-state index in [1.54, 1.807) is 13.1 Å². The number of benzene rings is 2. The Labute approximate surface area is 171 Å². The summed E-state index contributed by atoms with van der Waals surface area (Å²) in [6, 6.07) is 5.13. The van der Waals surface area contributed by atoms with Crippen LogP contribution in [0.15, 0.2) is 24.3 Å². The largest absolute Gasteiger partial charge is 0.399 e. The molecule has 2 aromatic rings. The van der Waals surface area contributed by atoms with Gasteiger partial charge in [-0.3, -0.25) is 19.7 Å². The predicted octanol–water partition coefficient (Wildman–Crippen LogP) is 2.96. The summed E-state index contributed by atoms with van der Waals surface area (Å²) in [6.07, 6.45) is 1.59. The number of anilines is 3. The van der Waals surface area contributed by atoms with Gasteiger partial charge in [-0.2, -0.15) is 0 Å². The number of carbonyl (C=O) groups excluding carboxylic acids is 2. The molecular weight excluding hydrogens is 398 g/mol. The fraction of sp³-hybridized carbons (Fsp3) is 0.300. The number of non-ortho nitro benzene ring substituents is 1. The van der Waals surface area contributed by atoms with Crippen LogP contribution in [0.1, 0.15) is 24.0 Å². The topological polar surface area (TPSA) is 110 Å². The summed E-state index contributed by atoms with van der Waals surface area (Å²) >= 11 is 0. The lowest BCUT2D eigenvalue weighted by atomic mass is 10.0. The summed E-state index contributed by atoms with van der Waals surface area (Å²) in [5.41, 5.74) is 7.49. The van der Waals surface area contributed by atoms with Gasteiger partial charge >= 0.3 is 0 Å². The Bertz CT molecular complexity index is 1060. The molecule has 2 heterocycles. The third kappa shape index (κ3) is 3.93. The van der Waals surface area contributed by atoms with E-state index in [0.29, 0.717) is 36.2 Å². The maximum absolute atomic E-state index is 13.6. The summed E-state index contributed by atoms with van der Waals surface area (Å²) in [5, 5.41) is 10.5. The van der Waals surface area contributed by atoms with Crippen molar-refractivity contribution in [1.82, 2.24) is 0 Å². The lowest BCUT2D eigenvalue weighted by molar-refractivity contribution is -0.385. The number of rotatable bonds is 1. The van der Waals surface area contributed by atoms with Gasteiger partial charge in [-0.1, -0.05) is 0 Å². The van der Waals surface area contributed by atoms with Gasteiger partial charge in [0, 0.05) is 38.7 Å². The van der Waals surface area contributed by atoms with Crippen LogP contribution >= 0.6 is 0 Å². The molecule has 2 aromatic carbocycles. The van der Waals surface area contributed by atoms with Crippen LogP contribution in [0.2, 0.25) is 0 Å². The first-order chi connectivity index (χ1) is 14.1. The zero-order chi connectivity index (χ0) is 22.2. The van der Waals surface area contributed by atoms with Crippen molar-refractivity contribution in [3.05, 3.63) is 57.1 Å². The Balaban J connectivity index is 0.000000172. The van der Waals surface area contributed by atoms with Crippen molar-refractivity contribution < 1.29 is 23.3 Å². The first kappa shape index (κ1) is 21.2. The second kappa shape index (κ2) is 8.05. The lowest BCUT2D eigenvalue weighted by Gasteiger charge is -2.26. The van der Waals surface area contributed by atoms with Crippen LogP contribution < -0.4 is 15.5 Å². The number of carbonyl (C=O) groups is 2. The molecule has 2 N–H and O–H groups in total. The molecule has 0 saturated heterocycles. The molecule has 0 fully saturated rings. The molecule has 0 atom stereocenters. The van der Waals surface area contributed by atoms with E-state index in [1.165, 1.54) is 29.0 Å². The van der Waals surface area contributed by atoms with Crippen molar-refractivity contribution in [1.29, 1.82) is 0 Å². The van der Waals surface area contributed by atoms with E-state index in [4.69, 9.17) is 5.73 Å². The van der Waals surface area contributed by atoms with E-state index >= 15 is 0 Å². The SMILES string of the molecule is CN1C(=O)CCc2cc(N)cc(F)c21.CN1C(=O)CCc2cc([N+](=O)[O-])cc(F)c21. The molecule has 0 radical (unpaired) electrons. The molecule has 2 amide bonds. The number of nitrogens with two attached hydrogens (primary N) is 1. The van der Waals surface area contributed by atoms with Crippen LogP contribution in [0.3, 0.4) is 0 Å². The highest BCUT2D eigenvalue weighted by molar-refractivity contribution is 5.97. The van der Waals surface area contributed by atoms with Crippen LogP contribution in [0.25, 0.3) is 0 Å². The molecule has 158 valence electrons. The summed E-state index contributed by atoms with van der Waals surface area (Å²) in [4.78, 5) is 35.1. The van der Waals surface area contributed by atoms with Gasteiger partial charge in [0.2, 0.25) is 11.8 Å². The van der Waals surface area contributed by atoms with Crippen molar-refractivity contribution >= 4 is 34.6 Å². The van der Waals surface area contributed by atoms with Crippen molar-refractivity contribution in [3.8, 4) is 0 Å². The Hall–Kier alpha value is -3.56. The Morgan fingerprint density at radius 1 is 0.867 bits per heavy atom. The minimum absolute atomic E-state index is 0.0545. The minimum atomic E-state index is -0.722. The molecule has 2 aliphatic rings. The van der Waals surface area contributed by atoms with Crippen LogP contribution in [0, 0.1) is 21.7 Å². The number of nitro groups is 1. The minimum Gasteiger partial charge on any atom is -0.399 e. The van der Waals surface area contributed by atoms with Crippen molar-refractivity contribution in [3.63, 3.8) is 0 Å². The van der Waals surface area contributed by atoms with Crippen molar-refractivity contribution in [2.24, 2.45) is 0 Å². The number of nitro benzene ring substituents is 1. The molecule has 0 aliphatic carbocycles. The van der Waals surface area contributed by atoms with Gasteiger partial charge in [0.15, 0.2) is 5.82 Å². The number of nitrogens with zero attached hydrogens (tertiary/aromatic N) is 3. The quantitative estimate of drug-likeness (QED) is 0.435. The van der Waals surface area contributed by atoms with Crippen LogP contribution in [0.4, 0.5) is 31.5 Å². The molecule has 0 aromatic heterocycles. The third-order valence-corrected chi connectivity index (χ3v) is 5.14. The Kier molecular flexibility index (Phi) is 5.68. The van der Waals surface area contributed by atoms with Crippen molar-refractivity contribution in [2.75, 3.05) is 29.6 Å². The zero-order valence-electron chi connectivity index (χ0n) is 16.4. The number of nitrogen functional groups attached to an aromatic ring is 1. The molecule has 30 heavy (non-hydrogen) atoms. The summed E-state index contributed by atoms with van der Waals surface area (Å²) in [5.74, 6) is -1.38. The third-order valence-electron chi connectivity index (χ3n) is 5.14. The monoisotopic (exact) mass is 418 g/mol. The maximum atomic E-state index is 13.6. The fourth-order valence-electron chi connectivity index (χ4n) is 3.63. The van der Waals surface area contributed by atoms with Gasteiger partial charge in [0.05, 0.1) is 22.4 Å². The van der Waals surface area contributed by atoms with E-state index in [-0.39, 0.29) is 29.6 Å². The number of hydrogen-bond acceptors (Lipinski definition) is 5. The average Bonchev–Trinajstić information content (AvgIpc) is 2.67. The number of halogens is 2. The van der Waals surface area contributed by atoms with E-state index in [2.05, 4.69) is 0 Å². The highest BCUT2D eigenvalue weighted by Crippen LogP contribution is 2.33. The van der Waals surface area contributed by atoms with Gasteiger partial charge in [0.1, 0.15) is 5.82 Å². The van der Waals surface area contributed by atoms with Gasteiger partial charge in [0.25, 0.3) is 5.69 Å². The molecule has 4 rings (SSSR count). The first-order valence-electron chi connectivity index (χ1n) is 9.18. The smallest absolute Gasteiger partial charge is 0.272 e. The second-order valence-electron chi connectivity index (χ2n) is 7.11. The van der Waals surface area contributed by atoms with Crippen molar-refractivity contribution in [2.45, 2.75) is 25.7 Å². The highest BCUT2D eigenvalue weighted by atomic mass is 19.1. The summed E-state index contributed by atoms with van der Waals surface area (Å²) in [7, 11) is 3.05. The molecular formula is C20H20F2N4O4. The van der Waals surface area contributed by atoms with Gasteiger partial charge in [-0.25, -0.2) is 8.78 Å². The molecule has 0 saturated carbocycles. The predicted molar refractivity (Wildman–Crippen MR) is 107 cm³/mol. The molecule has 0 bridgehead atoms. The first-order valence-corrected chi connectivity index (χ1v) is 9.18. The van der Waals surface area contributed by atoms with E-state index < -0.39 is 16.6 Å². The number of fused-ring (bicyclic) bond motifs is 2. The van der Waals surface area contributed by atoms with Crippen LogP contribution in [-0.4, -0.2) is 30.8 Å². The number of aryl methyl sites for hydroxylation is 2. The molecule has 2 aliphatic heterocycles. The second-order valence-corrected chi connectivity index (χ2v) is 7.11. The Morgan fingerprint density at radius 2 is 1.33 bits per heavy atom. The van der Waals surface area contributed by atoms with E-state index in [1.807, 2.05) is 0 Å². The van der Waals surface area contributed by atoms with E-state index in [0.717, 1.165) is 11.6 Å². The maximum Gasteiger partial charge on any atom is 0.272 e. The number of hydrogen-bond donors (Lipinski definition) is 1. The Morgan fingerprint density at radius 3 is 1.83 bits per heavy atom. The standard InChI is InChI=1S/C10H9FN2O3.C10H11FN2O/c1-12-9(14)3-2-6-4-7(13(15)16)5-8(11)10(6)12;1-13-9(14)3-2-6-4-7(12)5-8(11)10(6)13/h4-5H,2-3H2,1H3;4-5H,2-3,12H2,1H3. The average molecular weight is 418 g/mol. The molecule has 10 heteroatoms. The molecule has 0 spiro atoms. The van der Waals surface area contributed by atoms with Crippen LogP contribution in [-0.2, 0) is 22.4 Å². The lowest BCUT2D eigenvalue weighted by Crippen LogP contribution is -2.32. The normalized spacial score (nSPS) is 15.2. The fourth-order valence-corrected chi connectivity index (χ4v) is 3.63.